The van der Waals surface area contributed by atoms with Crippen LogP contribution in [0, 0.1) is 18.2 Å². The van der Waals surface area contributed by atoms with E-state index in [-0.39, 0.29) is 46.2 Å². The quantitative estimate of drug-likeness (QED) is 0.320. The van der Waals surface area contributed by atoms with Gasteiger partial charge in [0, 0.05) is 23.0 Å². The van der Waals surface area contributed by atoms with Crippen molar-refractivity contribution in [2.24, 2.45) is 0 Å². The number of carbonyl (C=O) groups excluding carboxylic acids is 4. The van der Waals surface area contributed by atoms with Crippen LogP contribution in [-0.4, -0.2) is 42.7 Å². The standard InChI is InChI=1S/C23H23ClFNO6S/c1-5-10-32-23(30)16-9-7-6-8-15(16)21(28)26(14(3)27)19-12-20(17(24)11-18(19)25)33-13(2)22(29)31-4/h1,11-13H,6-10H2,2-4H3. The van der Waals surface area contributed by atoms with Crippen LogP contribution < -0.4 is 4.90 Å². The van der Waals surface area contributed by atoms with Crippen LogP contribution in [0.2, 0.25) is 5.02 Å². The molecule has 0 heterocycles. The first-order valence-electron chi connectivity index (χ1n) is 10.0. The highest BCUT2D eigenvalue weighted by molar-refractivity contribution is 8.00. The number of ether oxygens (including phenoxy) is 2. The lowest BCUT2D eigenvalue weighted by atomic mass is 9.90. The van der Waals surface area contributed by atoms with Crippen molar-refractivity contribution in [2.45, 2.75) is 49.7 Å². The van der Waals surface area contributed by atoms with E-state index in [1.54, 1.807) is 6.92 Å². The second-order valence-corrected chi connectivity index (χ2v) is 8.91. The third-order valence-corrected chi connectivity index (χ3v) is 6.42. The molecule has 0 saturated heterocycles. The van der Waals surface area contributed by atoms with Crippen LogP contribution in [-0.2, 0) is 28.7 Å². The van der Waals surface area contributed by atoms with Gasteiger partial charge < -0.3 is 9.47 Å². The Morgan fingerprint density at radius 3 is 2.45 bits per heavy atom. The average Bonchev–Trinajstić information content (AvgIpc) is 2.79. The molecule has 0 radical (unpaired) electrons. The molecule has 0 aromatic heterocycles. The zero-order chi connectivity index (χ0) is 24.7. The van der Waals surface area contributed by atoms with Crippen molar-refractivity contribution in [3.63, 3.8) is 0 Å². The Morgan fingerprint density at radius 2 is 1.88 bits per heavy atom. The van der Waals surface area contributed by atoms with Crippen LogP contribution in [0.5, 0.6) is 0 Å². The van der Waals surface area contributed by atoms with Crippen molar-refractivity contribution in [2.75, 3.05) is 18.6 Å². The van der Waals surface area contributed by atoms with Gasteiger partial charge in [-0.1, -0.05) is 17.5 Å². The summed E-state index contributed by atoms with van der Waals surface area (Å²) in [5.74, 6) is -1.57. The van der Waals surface area contributed by atoms with Crippen molar-refractivity contribution in [1.82, 2.24) is 0 Å². The second-order valence-electron chi connectivity index (χ2n) is 7.12. The molecule has 2 rings (SSSR count). The third kappa shape index (κ3) is 6.36. The van der Waals surface area contributed by atoms with Crippen LogP contribution in [0.3, 0.4) is 0 Å². The molecule has 2 amide bonds. The lowest BCUT2D eigenvalue weighted by Gasteiger charge is -2.25. The normalized spacial score (nSPS) is 14.2. The number of benzene rings is 1. The van der Waals surface area contributed by atoms with Crippen LogP contribution in [0.4, 0.5) is 10.1 Å². The molecular formula is C23H23ClFNO6S. The van der Waals surface area contributed by atoms with Gasteiger partial charge in [0.15, 0.2) is 6.61 Å². The van der Waals surface area contributed by atoms with Gasteiger partial charge in [-0.3, -0.25) is 14.4 Å². The average molecular weight is 496 g/mol. The lowest BCUT2D eigenvalue weighted by Crippen LogP contribution is -2.38. The van der Waals surface area contributed by atoms with E-state index >= 15 is 0 Å². The number of imide groups is 1. The molecule has 1 aliphatic rings. The molecule has 1 aromatic rings. The highest BCUT2D eigenvalue weighted by Gasteiger charge is 2.32. The number of hydrogen-bond donors (Lipinski definition) is 0. The lowest BCUT2D eigenvalue weighted by molar-refractivity contribution is -0.140. The van der Waals surface area contributed by atoms with E-state index in [9.17, 15) is 23.6 Å². The molecule has 33 heavy (non-hydrogen) atoms. The van der Waals surface area contributed by atoms with Crippen LogP contribution in [0.25, 0.3) is 0 Å². The Hall–Kier alpha value is -2.83. The van der Waals surface area contributed by atoms with Crippen molar-refractivity contribution in [3.05, 3.63) is 34.1 Å². The van der Waals surface area contributed by atoms with Gasteiger partial charge in [0.25, 0.3) is 5.91 Å². The fraction of sp³-hybridized carbons (Fsp3) is 0.391. The summed E-state index contributed by atoms with van der Waals surface area (Å²) in [6.45, 7) is 2.42. The summed E-state index contributed by atoms with van der Waals surface area (Å²) in [6, 6.07) is 2.19. The van der Waals surface area contributed by atoms with Crippen LogP contribution in [0.1, 0.15) is 39.5 Å². The highest BCUT2D eigenvalue weighted by atomic mass is 35.5. The Labute approximate surface area is 200 Å². The fourth-order valence-corrected chi connectivity index (χ4v) is 4.51. The van der Waals surface area contributed by atoms with E-state index in [0.717, 1.165) is 24.8 Å². The number of nitrogens with zero attached hydrogens (tertiary/aromatic N) is 1. The minimum absolute atomic E-state index is 0.00314. The molecule has 0 N–H and O–H groups in total. The molecule has 1 aromatic carbocycles. The number of hydrogen-bond acceptors (Lipinski definition) is 7. The van der Waals surface area contributed by atoms with E-state index in [0.29, 0.717) is 17.7 Å². The summed E-state index contributed by atoms with van der Waals surface area (Å²) < 4.78 is 24.5. The summed E-state index contributed by atoms with van der Waals surface area (Å²) in [5.41, 5.74) is -0.146. The number of methoxy groups -OCH3 is 1. The predicted molar refractivity (Wildman–Crippen MR) is 122 cm³/mol. The predicted octanol–water partition coefficient (Wildman–Crippen LogP) is 4.06. The molecule has 1 aliphatic carbocycles. The molecule has 0 saturated carbocycles. The van der Waals surface area contributed by atoms with Crippen LogP contribution in [0.15, 0.2) is 28.2 Å². The van der Waals surface area contributed by atoms with Gasteiger partial charge in [-0.15, -0.1) is 18.2 Å². The number of amides is 2. The molecule has 7 nitrogen and oxygen atoms in total. The summed E-state index contributed by atoms with van der Waals surface area (Å²) in [7, 11) is 1.23. The molecule has 0 bridgehead atoms. The van der Waals surface area contributed by atoms with Gasteiger partial charge in [0.05, 0.1) is 17.8 Å². The number of rotatable bonds is 7. The van der Waals surface area contributed by atoms with Crippen molar-refractivity contribution in [3.8, 4) is 12.3 Å². The molecular weight excluding hydrogens is 473 g/mol. The smallest absolute Gasteiger partial charge is 0.335 e. The zero-order valence-corrected chi connectivity index (χ0v) is 20.0. The van der Waals surface area contributed by atoms with E-state index in [2.05, 4.69) is 10.7 Å². The van der Waals surface area contributed by atoms with E-state index in [1.807, 2.05) is 0 Å². The summed E-state index contributed by atoms with van der Waals surface area (Å²) in [6.07, 6.45) is 6.88. The number of anilines is 1. The number of carbonyl (C=O) groups is 4. The summed E-state index contributed by atoms with van der Waals surface area (Å²) in [4.78, 5) is 50.9. The second kappa shape index (κ2) is 11.9. The first-order chi connectivity index (χ1) is 15.6. The van der Waals surface area contributed by atoms with Crippen molar-refractivity contribution >= 4 is 52.8 Å². The Kier molecular flexibility index (Phi) is 9.50. The topological polar surface area (TPSA) is 90.0 Å². The number of halogens is 2. The third-order valence-electron chi connectivity index (χ3n) is 4.86. The maximum atomic E-state index is 14.9. The molecule has 10 heteroatoms. The van der Waals surface area contributed by atoms with E-state index < -0.39 is 34.8 Å². The van der Waals surface area contributed by atoms with Crippen LogP contribution >= 0.6 is 23.4 Å². The molecule has 0 aliphatic heterocycles. The van der Waals surface area contributed by atoms with Gasteiger partial charge in [0.2, 0.25) is 5.91 Å². The van der Waals surface area contributed by atoms with E-state index in [1.165, 1.54) is 13.2 Å². The van der Waals surface area contributed by atoms with Gasteiger partial charge in [-0.25, -0.2) is 14.1 Å². The number of thioether (sulfide) groups is 1. The molecule has 0 spiro atoms. The Morgan fingerprint density at radius 1 is 1.24 bits per heavy atom. The van der Waals surface area contributed by atoms with Crippen molar-refractivity contribution in [1.29, 1.82) is 0 Å². The minimum atomic E-state index is -0.911. The number of terminal acetylenes is 1. The number of esters is 2. The van der Waals surface area contributed by atoms with Gasteiger partial charge in [0.1, 0.15) is 11.1 Å². The van der Waals surface area contributed by atoms with Gasteiger partial charge in [-0.2, -0.15) is 0 Å². The van der Waals surface area contributed by atoms with Crippen molar-refractivity contribution < 1.29 is 33.0 Å². The Bertz CT molecular complexity index is 1050. The molecule has 176 valence electrons. The van der Waals surface area contributed by atoms with E-state index in [4.69, 9.17) is 22.8 Å². The minimum Gasteiger partial charge on any atom is -0.468 e. The first-order valence-corrected chi connectivity index (χ1v) is 11.3. The molecule has 1 atom stereocenters. The summed E-state index contributed by atoms with van der Waals surface area (Å²) >= 11 is 7.12. The SMILES string of the molecule is C#CCOC(=O)C1=C(C(=O)N(C(C)=O)c2cc(SC(C)C(=O)OC)c(Cl)cc2F)CCCC1. The zero-order valence-electron chi connectivity index (χ0n) is 18.4. The molecule has 0 fully saturated rings. The maximum Gasteiger partial charge on any atom is 0.335 e. The Balaban J connectivity index is 2.52. The first kappa shape index (κ1) is 26.4. The fourth-order valence-electron chi connectivity index (χ4n) is 3.30. The van der Waals surface area contributed by atoms with Gasteiger partial charge >= 0.3 is 11.9 Å². The molecule has 1 unspecified atom stereocenters. The largest absolute Gasteiger partial charge is 0.468 e. The maximum absolute atomic E-state index is 14.9. The monoisotopic (exact) mass is 495 g/mol. The van der Waals surface area contributed by atoms with Gasteiger partial charge in [-0.05, 0) is 44.7 Å². The highest BCUT2D eigenvalue weighted by Crippen LogP contribution is 2.37. The summed E-state index contributed by atoms with van der Waals surface area (Å²) in [5, 5.41) is -0.672.